The Morgan fingerprint density at radius 2 is 1.43 bits per heavy atom. The molecule has 2 aromatic carbocycles. The van der Waals surface area contributed by atoms with E-state index in [1.165, 1.54) is 5.56 Å². The summed E-state index contributed by atoms with van der Waals surface area (Å²) in [5, 5.41) is 0. The first-order valence-corrected chi connectivity index (χ1v) is 15.2. The lowest BCUT2D eigenvalue weighted by Crippen LogP contribution is -2.50. The van der Waals surface area contributed by atoms with Crippen LogP contribution in [0.2, 0.25) is 0 Å². The fourth-order valence-electron chi connectivity index (χ4n) is 6.29. The van der Waals surface area contributed by atoms with Gasteiger partial charge in [0.25, 0.3) is 0 Å². The fraction of sp³-hybridized carbons (Fsp3) is 0.444. The van der Waals surface area contributed by atoms with Crippen LogP contribution in [-0.2, 0) is 32.2 Å². The molecule has 0 aromatic heterocycles. The third-order valence-corrected chi connectivity index (χ3v) is 8.50. The number of carbonyl (C=O) groups is 2. The van der Waals surface area contributed by atoms with E-state index in [1.54, 1.807) is 6.08 Å². The summed E-state index contributed by atoms with van der Waals surface area (Å²) in [6.07, 6.45) is 13.0. The molecule has 2 amide bonds. The summed E-state index contributed by atoms with van der Waals surface area (Å²) in [6.45, 7) is 12.6. The summed E-state index contributed by atoms with van der Waals surface area (Å²) in [5.41, 5.74) is 1.58. The zero-order valence-electron chi connectivity index (χ0n) is 24.9. The van der Waals surface area contributed by atoms with Crippen molar-refractivity contribution in [2.45, 2.75) is 51.6 Å². The predicted molar refractivity (Wildman–Crippen MR) is 167 cm³/mol. The minimum atomic E-state index is -0.461. The second kappa shape index (κ2) is 15.7. The molecule has 2 saturated heterocycles. The number of allylic oxidation sites excluding steroid dienone is 2. The van der Waals surface area contributed by atoms with E-state index in [0.717, 1.165) is 50.8 Å². The number of ether oxygens (including phenoxy) is 2. The monoisotopic (exact) mass is 570 g/mol. The third kappa shape index (κ3) is 8.08. The molecule has 1 spiro atoms. The maximum absolute atomic E-state index is 13.0. The molecule has 2 atom stereocenters. The van der Waals surface area contributed by atoms with Gasteiger partial charge in [0, 0.05) is 26.2 Å². The number of hydrogen-bond donors (Lipinski definition) is 0. The molecule has 0 radical (unpaired) electrons. The molecule has 6 heteroatoms. The van der Waals surface area contributed by atoms with Crippen molar-refractivity contribution in [3.8, 4) is 0 Å². The van der Waals surface area contributed by atoms with Crippen LogP contribution in [0.1, 0.15) is 49.7 Å². The van der Waals surface area contributed by atoms with Crippen LogP contribution >= 0.6 is 0 Å². The highest BCUT2D eigenvalue weighted by molar-refractivity contribution is 5.84. The first kappa shape index (κ1) is 31.5. The molecule has 2 fully saturated rings. The van der Waals surface area contributed by atoms with E-state index in [9.17, 15) is 9.59 Å². The van der Waals surface area contributed by atoms with Crippen molar-refractivity contribution < 1.29 is 19.1 Å². The molecule has 42 heavy (non-hydrogen) atoms. The van der Waals surface area contributed by atoms with Gasteiger partial charge in [0.1, 0.15) is 0 Å². The lowest BCUT2D eigenvalue weighted by Gasteiger charge is -2.41. The van der Waals surface area contributed by atoms with E-state index in [2.05, 4.69) is 43.5 Å². The third-order valence-electron chi connectivity index (χ3n) is 8.50. The van der Waals surface area contributed by atoms with E-state index in [0.29, 0.717) is 45.9 Å². The van der Waals surface area contributed by atoms with E-state index < -0.39 is 5.41 Å². The van der Waals surface area contributed by atoms with E-state index in [1.807, 2.05) is 58.4 Å². The molecule has 0 aliphatic carbocycles. The van der Waals surface area contributed by atoms with Crippen LogP contribution in [0.4, 0.5) is 0 Å². The Bertz CT molecular complexity index is 1200. The van der Waals surface area contributed by atoms with E-state index >= 15 is 0 Å². The van der Waals surface area contributed by atoms with Crippen LogP contribution in [0, 0.1) is 10.8 Å². The lowest BCUT2D eigenvalue weighted by atomic mass is 9.76. The minimum absolute atomic E-state index is 0.187. The summed E-state index contributed by atoms with van der Waals surface area (Å²) < 4.78 is 11.3. The number of nitrogens with zero attached hydrogens (tertiary/aromatic N) is 2. The molecule has 3 heterocycles. The van der Waals surface area contributed by atoms with E-state index in [-0.39, 0.29) is 17.2 Å². The summed E-state index contributed by atoms with van der Waals surface area (Å²) in [5.74, 6) is 0.450. The Labute approximate surface area is 251 Å². The summed E-state index contributed by atoms with van der Waals surface area (Å²) >= 11 is 0. The molecule has 0 N–H and O–H groups in total. The molecular weight excluding hydrogens is 524 g/mol. The zero-order valence-corrected chi connectivity index (χ0v) is 24.9. The van der Waals surface area contributed by atoms with Gasteiger partial charge in [0.05, 0.1) is 37.3 Å². The number of carbonyl (C=O) groups excluding carboxylic acids is 2. The maximum Gasteiger partial charge on any atom is 0.231 e. The number of rotatable bonds is 10. The average molecular weight is 571 g/mol. The van der Waals surface area contributed by atoms with Crippen LogP contribution in [0.15, 0.2) is 98.1 Å². The van der Waals surface area contributed by atoms with Crippen molar-refractivity contribution in [1.29, 1.82) is 0 Å². The topological polar surface area (TPSA) is 59.1 Å². The Kier molecular flexibility index (Phi) is 11.7. The first-order chi connectivity index (χ1) is 20.5. The molecular formula is C36H46N2O4. The second-order valence-corrected chi connectivity index (χ2v) is 11.7. The predicted octanol–water partition coefficient (Wildman–Crippen LogP) is 6.35. The molecule has 5 rings (SSSR count). The van der Waals surface area contributed by atoms with Crippen molar-refractivity contribution >= 4 is 11.8 Å². The molecule has 0 bridgehead atoms. The first-order valence-electron chi connectivity index (χ1n) is 15.2. The van der Waals surface area contributed by atoms with Gasteiger partial charge in [0.2, 0.25) is 11.8 Å². The van der Waals surface area contributed by atoms with Crippen molar-refractivity contribution in [2.24, 2.45) is 10.8 Å². The van der Waals surface area contributed by atoms with Crippen LogP contribution in [0.5, 0.6) is 0 Å². The Balaban J connectivity index is 0.000000193. The van der Waals surface area contributed by atoms with Gasteiger partial charge in [-0.3, -0.25) is 9.59 Å². The van der Waals surface area contributed by atoms with Crippen LogP contribution in [-0.4, -0.2) is 61.1 Å². The molecule has 2 unspecified atom stereocenters. The number of benzene rings is 2. The highest BCUT2D eigenvalue weighted by Gasteiger charge is 2.44. The van der Waals surface area contributed by atoms with Gasteiger partial charge in [-0.1, -0.05) is 85.0 Å². The van der Waals surface area contributed by atoms with Crippen LogP contribution in [0.3, 0.4) is 0 Å². The molecule has 6 nitrogen and oxygen atoms in total. The highest BCUT2D eigenvalue weighted by atomic mass is 16.5. The van der Waals surface area contributed by atoms with Crippen LogP contribution < -0.4 is 0 Å². The molecule has 2 aromatic rings. The largest absolute Gasteiger partial charge is 0.376 e. The van der Waals surface area contributed by atoms with E-state index in [4.69, 9.17) is 9.47 Å². The van der Waals surface area contributed by atoms with Gasteiger partial charge in [0.15, 0.2) is 0 Å². The normalized spacial score (nSPS) is 24.1. The number of likely N-dealkylation sites (tertiary alicyclic amines) is 2. The summed E-state index contributed by atoms with van der Waals surface area (Å²) in [7, 11) is 0. The Hall–Kier alpha value is -3.48. The van der Waals surface area contributed by atoms with Crippen molar-refractivity contribution in [3.05, 3.63) is 109 Å². The van der Waals surface area contributed by atoms with Gasteiger partial charge in [-0.15, -0.1) is 13.2 Å². The standard InChI is InChI=1S/C19H25NO2.C17H21NO2/c1-3-11-19(16-22-14-4-2)12-8-13-20(18(19)21)15-17-9-6-5-7-10-17;19-16-17(9-4-5-12-20-14-17)10-6-11-18(16)13-15-7-2-1-3-8-15/h3-7,9-10H,1-2,8,11-16H2;1-5,7-8H,6,9-14H2. The molecule has 0 saturated carbocycles. The van der Waals surface area contributed by atoms with Gasteiger partial charge < -0.3 is 19.3 Å². The summed E-state index contributed by atoms with van der Waals surface area (Å²) in [4.78, 5) is 29.8. The number of piperidine rings is 2. The van der Waals surface area contributed by atoms with Gasteiger partial charge in [-0.2, -0.15) is 0 Å². The van der Waals surface area contributed by atoms with Crippen molar-refractivity contribution in [1.82, 2.24) is 9.80 Å². The SMILES string of the molecule is C=CCOCC1(CC=C)CCCN(Cc2ccccc2)C1=O.O=C1N(Cc2ccccc2)CCCC12CC=CCOC2. The highest BCUT2D eigenvalue weighted by Crippen LogP contribution is 2.38. The molecule has 3 aliphatic heterocycles. The summed E-state index contributed by atoms with van der Waals surface area (Å²) in [6, 6.07) is 20.3. The Morgan fingerprint density at radius 3 is 2.05 bits per heavy atom. The quantitative estimate of drug-likeness (QED) is 0.247. The Morgan fingerprint density at radius 1 is 0.810 bits per heavy atom. The second-order valence-electron chi connectivity index (χ2n) is 11.7. The number of amides is 2. The van der Waals surface area contributed by atoms with Crippen molar-refractivity contribution in [2.75, 3.05) is 39.5 Å². The lowest BCUT2D eigenvalue weighted by molar-refractivity contribution is -0.151. The average Bonchev–Trinajstić information content (AvgIpc) is 3.26. The molecule has 224 valence electrons. The van der Waals surface area contributed by atoms with Crippen LogP contribution in [0.25, 0.3) is 0 Å². The molecule has 3 aliphatic rings. The van der Waals surface area contributed by atoms with Gasteiger partial charge in [-0.05, 0) is 49.7 Å². The van der Waals surface area contributed by atoms with Gasteiger partial charge in [-0.25, -0.2) is 0 Å². The smallest absolute Gasteiger partial charge is 0.231 e. The van der Waals surface area contributed by atoms with Crippen molar-refractivity contribution in [3.63, 3.8) is 0 Å². The zero-order chi connectivity index (χ0) is 29.7. The minimum Gasteiger partial charge on any atom is -0.376 e. The fourth-order valence-corrected chi connectivity index (χ4v) is 6.29. The van der Waals surface area contributed by atoms with Gasteiger partial charge >= 0.3 is 0 Å². The number of hydrogen-bond acceptors (Lipinski definition) is 4. The maximum atomic E-state index is 13.0.